The molecule has 0 amide bonds. The lowest BCUT2D eigenvalue weighted by Gasteiger charge is -2.05. The SMILES string of the molecule is CCCCCCCO[SiH](C)C. The first-order valence-electron chi connectivity index (χ1n) is 4.89. The van der Waals surface area contributed by atoms with Crippen molar-refractivity contribution in [2.45, 2.75) is 52.1 Å². The molecular weight excluding hydrogens is 152 g/mol. The Morgan fingerprint density at radius 1 is 1.00 bits per heavy atom. The van der Waals surface area contributed by atoms with Gasteiger partial charge in [0.15, 0.2) is 9.04 Å². The summed E-state index contributed by atoms with van der Waals surface area (Å²) in [5.41, 5.74) is 0. The van der Waals surface area contributed by atoms with Gasteiger partial charge in [0.25, 0.3) is 0 Å². The predicted molar refractivity (Wildman–Crippen MR) is 53.6 cm³/mol. The zero-order valence-corrected chi connectivity index (χ0v) is 9.38. The van der Waals surface area contributed by atoms with Gasteiger partial charge in [-0.1, -0.05) is 32.6 Å². The summed E-state index contributed by atoms with van der Waals surface area (Å²) in [7, 11) is -0.729. The molecule has 2 heteroatoms. The molecule has 0 aromatic heterocycles. The van der Waals surface area contributed by atoms with Crippen LogP contribution in [0.4, 0.5) is 0 Å². The molecule has 1 nitrogen and oxygen atoms in total. The fourth-order valence-electron chi connectivity index (χ4n) is 1.02. The standard InChI is InChI=1S/C9H22OSi/c1-4-5-6-7-8-9-10-11(2)3/h11H,4-9H2,1-3H3. The van der Waals surface area contributed by atoms with E-state index in [4.69, 9.17) is 4.43 Å². The Morgan fingerprint density at radius 2 is 1.64 bits per heavy atom. The van der Waals surface area contributed by atoms with Gasteiger partial charge in [-0.15, -0.1) is 0 Å². The van der Waals surface area contributed by atoms with Crippen molar-refractivity contribution in [2.24, 2.45) is 0 Å². The molecule has 0 aromatic rings. The van der Waals surface area contributed by atoms with Crippen molar-refractivity contribution in [2.75, 3.05) is 6.61 Å². The predicted octanol–water partition coefficient (Wildman–Crippen LogP) is 2.96. The van der Waals surface area contributed by atoms with Crippen LogP contribution in [0.5, 0.6) is 0 Å². The molecular formula is C9H22OSi. The van der Waals surface area contributed by atoms with Crippen LogP contribution < -0.4 is 0 Å². The highest BCUT2D eigenvalue weighted by Gasteiger charge is 1.94. The van der Waals surface area contributed by atoms with E-state index in [1.807, 2.05) is 0 Å². The molecule has 0 rings (SSSR count). The average Bonchev–Trinajstić information content (AvgIpc) is 1.96. The average molecular weight is 174 g/mol. The molecule has 0 aliphatic carbocycles. The molecule has 0 fully saturated rings. The zero-order valence-electron chi connectivity index (χ0n) is 8.23. The van der Waals surface area contributed by atoms with Crippen molar-refractivity contribution in [3.63, 3.8) is 0 Å². The van der Waals surface area contributed by atoms with Crippen LogP contribution in [0, 0.1) is 0 Å². The van der Waals surface area contributed by atoms with E-state index in [2.05, 4.69) is 20.0 Å². The Bertz CT molecular complexity index is 74.0. The lowest BCUT2D eigenvalue weighted by atomic mass is 10.2. The van der Waals surface area contributed by atoms with Crippen LogP contribution in [0.3, 0.4) is 0 Å². The Morgan fingerprint density at radius 3 is 2.18 bits per heavy atom. The fourth-order valence-corrected chi connectivity index (χ4v) is 1.66. The molecule has 11 heavy (non-hydrogen) atoms. The summed E-state index contributed by atoms with van der Waals surface area (Å²) in [5, 5.41) is 0. The van der Waals surface area contributed by atoms with E-state index in [1.165, 1.54) is 32.1 Å². The van der Waals surface area contributed by atoms with Crippen LogP contribution in [-0.2, 0) is 4.43 Å². The van der Waals surface area contributed by atoms with Gasteiger partial charge in [0, 0.05) is 6.61 Å². The molecule has 0 aliphatic rings. The first-order chi connectivity index (χ1) is 5.27. The van der Waals surface area contributed by atoms with Gasteiger partial charge in [-0.2, -0.15) is 0 Å². The number of rotatable bonds is 7. The lowest BCUT2D eigenvalue weighted by molar-refractivity contribution is 0.312. The van der Waals surface area contributed by atoms with E-state index < -0.39 is 9.04 Å². The molecule has 0 atom stereocenters. The highest BCUT2D eigenvalue weighted by Crippen LogP contribution is 2.02. The molecule has 0 bridgehead atoms. The maximum atomic E-state index is 5.56. The van der Waals surface area contributed by atoms with Crippen molar-refractivity contribution in [1.29, 1.82) is 0 Å². The maximum Gasteiger partial charge on any atom is 0.170 e. The molecule has 0 unspecified atom stereocenters. The minimum absolute atomic E-state index is 0.729. The largest absolute Gasteiger partial charge is 0.421 e. The highest BCUT2D eigenvalue weighted by molar-refractivity contribution is 6.48. The van der Waals surface area contributed by atoms with E-state index in [1.54, 1.807) is 0 Å². The van der Waals surface area contributed by atoms with Crippen LogP contribution in [0.15, 0.2) is 0 Å². The normalized spacial score (nSPS) is 10.9. The molecule has 0 saturated heterocycles. The first kappa shape index (κ1) is 11.2. The van der Waals surface area contributed by atoms with Crippen molar-refractivity contribution in [1.82, 2.24) is 0 Å². The second-order valence-corrected chi connectivity index (χ2v) is 5.76. The van der Waals surface area contributed by atoms with Gasteiger partial charge in [0.1, 0.15) is 0 Å². The summed E-state index contributed by atoms with van der Waals surface area (Å²) in [6.07, 6.45) is 6.73. The molecule has 0 saturated carbocycles. The summed E-state index contributed by atoms with van der Waals surface area (Å²) in [4.78, 5) is 0. The van der Waals surface area contributed by atoms with Gasteiger partial charge in [-0.25, -0.2) is 0 Å². The van der Waals surface area contributed by atoms with Gasteiger partial charge in [-0.3, -0.25) is 0 Å². The molecule has 0 spiro atoms. The molecule has 0 radical (unpaired) electrons. The number of hydrogen-bond acceptors (Lipinski definition) is 1. The van der Waals surface area contributed by atoms with Gasteiger partial charge >= 0.3 is 0 Å². The summed E-state index contributed by atoms with van der Waals surface area (Å²) < 4.78 is 5.56. The minimum atomic E-state index is -0.729. The molecule has 0 N–H and O–H groups in total. The minimum Gasteiger partial charge on any atom is -0.421 e. The third-order valence-electron chi connectivity index (χ3n) is 1.70. The summed E-state index contributed by atoms with van der Waals surface area (Å²) in [6, 6.07) is 0. The first-order valence-corrected chi connectivity index (χ1v) is 7.67. The van der Waals surface area contributed by atoms with Crippen LogP contribution in [0.2, 0.25) is 13.1 Å². The lowest BCUT2D eigenvalue weighted by Crippen LogP contribution is -2.08. The molecule has 0 aliphatic heterocycles. The van der Waals surface area contributed by atoms with Crippen LogP contribution in [0.25, 0.3) is 0 Å². The van der Waals surface area contributed by atoms with Crippen molar-refractivity contribution in [3.8, 4) is 0 Å². The third-order valence-corrected chi connectivity index (χ3v) is 2.60. The van der Waals surface area contributed by atoms with E-state index in [0.29, 0.717) is 0 Å². The van der Waals surface area contributed by atoms with Gasteiger partial charge in [-0.05, 0) is 19.5 Å². The van der Waals surface area contributed by atoms with E-state index in [-0.39, 0.29) is 0 Å². The molecule has 0 aromatic carbocycles. The summed E-state index contributed by atoms with van der Waals surface area (Å²) in [5.74, 6) is 0. The third kappa shape index (κ3) is 10.2. The Balaban J connectivity index is 2.80. The van der Waals surface area contributed by atoms with Crippen molar-refractivity contribution >= 4 is 9.04 Å². The Kier molecular flexibility index (Phi) is 8.41. The quantitative estimate of drug-likeness (QED) is 0.426. The topological polar surface area (TPSA) is 9.23 Å². The van der Waals surface area contributed by atoms with Gasteiger partial charge in [0.05, 0.1) is 0 Å². The monoisotopic (exact) mass is 174 g/mol. The smallest absolute Gasteiger partial charge is 0.170 e. The summed E-state index contributed by atoms with van der Waals surface area (Å²) in [6.45, 7) is 7.71. The second kappa shape index (κ2) is 8.28. The van der Waals surface area contributed by atoms with Gasteiger partial charge < -0.3 is 4.43 Å². The van der Waals surface area contributed by atoms with Crippen molar-refractivity contribution < 1.29 is 4.43 Å². The van der Waals surface area contributed by atoms with E-state index in [9.17, 15) is 0 Å². The number of unbranched alkanes of at least 4 members (excludes halogenated alkanes) is 4. The van der Waals surface area contributed by atoms with E-state index in [0.717, 1.165) is 6.61 Å². The molecule has 68 valence electrons. The Hall–Kier alpha value is 0.177. The maximum absolute atomic E-state index is 5.56. The van der Waals surface area contributed by atoms with Crippen molar-refractivity contribution in [3.05, 3.63) is 0 Å². The fraction of sp³-hybridized carbons (Fsp3) is 1.00. The summed E-state index contributed by atoms with van der Waals surface area (Å²) >= 11 is 0. The zero-order chi connectivity index (χ0) is 8.53. The highest BCUT2D eigenvalue weighted by atomic mass is 28.3. The van der Waals surface area contributed by atoms with Crippen LogP contribution in [-0.4, -0.2) is 15.6 Å². The number of hydrogen-bond donors (Lipinski definition) is 0. The Labute approximate surface area is 72.9 Å². The van der Waals surface area contributed by atoms with Crippen LogP contribution in [0.1, 0.15) is 39.0 Å². The van der Waals surface area contributed by atoms with E-state index >= 15 is 0 Å². The molecule has 0 heterocycles. The second-order valence-electron chi connectivity index (χ2n) is 3.33. The van der Waals surface area contributed by atoms with Gasteiger partial charge in [0.2, 0.25) is 0 Å². The van der Waals surface area contributed by atoms with Crippen LogP contribution >= 0.6 is 0 Å².